The molecular formula is H4NO3VW. The second-order valence-electron chi connectivity index (χ2n) is 0.224. The van der Waals surface area contributed by atoms with E-state index >= 15 is 0 Å². The van der Waals surface area contributed by atoms with E-state index in [9.17, 15) is 0 Å². The van der Waals surface area contributed by atoms with Gasteiger partial charge in [0.05, 0.1) is 0 Å². The largest absolute Gasteiger partial charge is 0 e. The second kappa shape index (κ2) is 9.25. The predicted molar refractivity (Wildman–Crippen MR) is 7.36 cm³/mol. The molecule has 0 saturated heterocycles. The van der Waals surface area contributed by atoms with Gasteiger partial charge in [-0.15, -0.1) is 0 Å². The van der Waals surface area contributed by atoms with Gasteiger partial charge in [0.1, 0.15) is 0 Å². The van der Waals surface area contributed by atoms with Crippen molar-refractivity contribution in [2.45, 2.75) is 0 Å². The van der Waals surface area contributed by atoms with E-state index < -0.39 is 15.4 Å². The van der Waals surface area contributed by atoms with E-state index in [-0.39, 0.29) is 27.2 Å². The van der Waals surface area contributed by atoms with Crippen LogP contribution in [0, 0.1) is 0 Å². The monoisotopic (exact) mass is 301 g/mol. The SMILES string of the molecule is [NH4+].[O]=[V](=[O])[O-].[W]. The first-order valence-corrected chi connectivity index (χ1v) is 2.26. The van der Waals surface area contributed by atoms with Crippen LogP contribution in [0.4, 0.5) is 0 Å². The molecule has 0 spiro atoms. The van der Waals surface area contributed by atoms with E-state index in [0.717, 1.165) is 0 Å². The molecule has 0 radical (unpaired) electrons. The van der Waals surface area contributed by atoms with Crippen LogP contribution in [0.15, 0.2) is 0 Å². The van der Waals surface area contributed by atoms with Crippen LogP contribution in [0.25, 0.3) is 0 Å². The van der Waals surface area contributed by atoms with E-state index in [1.165, 1.54) is 0 Å². The van der Waals surface area contributed by atoms with Crippen molar-refractivity contribution < 1.29 is 47.8 Å². The molecule has 0 aromatic carbocycles. The van der Waals surface area contributed by atoms with E-state index in [1.54, 1.807) is 0 Å². The Morgan fingerprint density at radius 1 is 1.33 bits per heavy atom. The maximum absolute atomic E-state index is 8.56. The summed E-state index contributed by atoms with van der Waals surface area (Å²) in [6.07, 6.45) is 0. The maximum atomic E-state index is 8.56. The van der Waals surface area contributed by atoms with Gasteiger partial charge in [-0.05, 0) is 0 Å². The fourth-order valence-electron chi connectivity index (χ4n) is 0. The summed E-state index contributed by atoms with van der Waals surface area (Å²) in [4.78, 5) is 0. The first-order valence-electron chi connectivity index (χ1n) is 0.548. The third-order valence-electron chi connectivity index (χ3n) is 0. The molecule has 6 heteroatoms. The van der Waals surface area contributed by atoms with Crippen molar-refractivity contribution in [3.63, 3.8) is 0 Å². The van der Waals surface area contributed by atoms with Gasteiger partial charge < -0.3 is 6.15 Å². The second-order valence-corrected chi connectivity index (χ2v) is 0.922. The summed E-state index contributed by atoms with van der Waals surface area (Å²) in [5.41, 5.74) is 0. The van der Waals surface area contributed by atoms with Gasteiger partial charge in [-0.25, -0.2) is 0 Å². The Balaban J connectivity index is -0.0000000450. The zero-order valence-corrected chi connectivity index (χ0v) is 7.41. The van der Waals surface area contributed by atoms with Crippen LogP contribution in [-0.2, 0) is 43.8 Å². The zero-order chi connectivity index (χ0) is 3.58. The van der Waals surface area contributed by atoms with Crippen LogP contribution in [-0.4, -0.2) is 0 Å². The maximum Gasteiger partial charge on any atom is 0 e. The van der Waals surface area contributed by atoms with E-state index in [0.29, 0.717) is 0 Å². The third-order valence-corrected chi connectivity index (χ3v) is 0. The Kier molecular flexibility index (Phi) is 24.4. The summed E-state index contributed by atoms with van der Waals surface area (Å²) in [6, 6.07) is 0. The van der Waals surface area contributed by atoms with Crippen molar-refractivity contribution in [3.8, 4) is 0 Å². The molecule has 4 N–H and O–H groups in total. The molecule has 0 bridgehead atoms. The fraction of sp³-hybridized carbons (Fsp3) is 0. The van der Waals surface area contributed by atoms with Crippen molar-refractivity contribution in [1.29, 1.82) is 0 Å². The van der Waals surface area contributed by atoms with Crippen LogP contribution in [0.5, 0.6) is 0 Å². The molecule has 0 aromatic heterocycles. The summed E-state index contributed by atoms with van der Waals surface area (Å²) in [5, 5.41) is 0. The van der Waals surface area contributed by atoms with E-state index in [4.69, 9.17) is 11.4 Å². The average Bonchev–Trinajstić information content (AvgIpc) is 0.811. The Bertz CT molecular complexity index is 59.2. The first-order chi connectivity index (χ1) is 1.73. The molecule has 0 aliphatic heterocycles. The van der Waals surface area contributed by atoms with Gasteiger partial charge in [-0.1, -0.05) is 0 Å². The van der Waals surface area contributed by atoms with Gasteiger partial charge in [-0.2, -0.15) is 0 Å². The quantitative estimate of drug-likeness (QED) is 0.618. The summed E-state index contributed by atoms with van der Waals surface area (Å²) in [5.74, 6) is 0. The molecule has 0 rings (SSSR count). The molecule has 0 heterocycles. The molecule has 4 nitrogen and oxygen atoms in total. The van der Waals surface area contributed by atoms with Crippen LogP contribution in [0.2, 0.25) is 0 Å². The molecule has 6 heavy (non-hydrogen) atoms. The number of hydrogen-bond acceptors (Lipinski definition) is 3. The van der Waals surface area contributed by atoms with E-state index in [1.807, 2.05) is 0 Å². The predicted octanol–water partition coefficient (Wildman–Crippen LogP) is -1.06. The Hall–Kier alpha value is 0.793. The molecule has 0 aliphatic rings. The minimum Gasteiger partial charge on any atom is 0 e. The van der Waals surface area contributed by atoms with Crippen molar-refractivity contribution in [1.82, 2.24) is 6.15 Å². The summed E-state index contributed by atoms with van der Waals surface area (Å²) in [7, 11) is 0. The molecule has 0 aromatic rings. The topological polar surface area (TPSA) is 93.7 Å². The Labute approximate surface area is 54.1 Å². The smallest absolute Gasteiger partial charge is 0 e. The molecular weight excluding hydrogens is 297 g/mol. The van der Waals surface area contributed by atoms with E-state index in [2.05, 4.69) is 0 Å². The number of rotatable bonds is 0. The van der Waals surface area contributed by atoms with Crippen molar-refractivity contribution in [2.75, 3.05) is 0 Å². The van der Waals surface area contributed by atoms with Gasteiger partial charge in [0.2, 0.25) is 0 Å². The van der Waals surface area contributed by atoms with Crippen molar-refractivity contribution >= 4 is 0 Å². The Morgan fingerprint density at radius 3 is 1.33 bits per heavy atom. The average molecular weight is 301 g/mol. The van der Waals surface area contributed by atoms with Crippen LogP contribution in [0.3, 0.4) is 0 Å². The minimum atomic E-state index is -3.94. The number of quaternary nitrogens is 1. The number of hydrogen-bond donors (Lipinski definition) is 1. The van der Waals surface area contributed by atoms with Gasteiger partial charge >= 0.3 is 26.8 Å². The molecule has 0 unspecified atom stereocenters. The molecule has 0 atom stereocenters. The van der Waals surface area contributed by atoms with Crippen molar-refractivity contribution in [2.24, 2.45) is 0 Å². The van der Waals surface area contributed by atoms with Crippen LogP contribution >= 0.6 is 0 Å². The van der Waals surface area contributed by atoms with Crippen LogP contribution in [0.1, 0.15) is 0 Å². The minimum absolute atomic E-state index is 0. The first kappa shape index (κ1) is 15.8. The van der Waals surface area contributed by atoms with Gasteiger partial charge in [0.15, 0.2) is 0 Å². The fourth-order valence-corrected chi connectivity index (χ4v) is 0. The summed E-state index contributed by atoms with van der Waals surface area (Å²) < 4.78 is 25.7. The third kappa shape index (κ3) is 110. The molecule has 0 aliphatic carbocycles. The Morgan fingerprint density at radius 2 is 1.33 bits per heavy atom. The normalized spacial score (nSPS) is 4.17. The standard InChI is InChI=1S/H3N.3O.V.W/h1H3;;;;;/q;;;-1;;/p+1. The van der Waals surface area contributed by atoms with Gasteiger partial charge in [0, 0.05) is 21.1 Å². The molecule has 0 amide bonds. The molecule has 38 valence electrons. The zero-order valence-electron chi connectivity index (χ0n) is 3.08. The van der Waals surface area contributed by atoms with Crippen LogP contribution < -0.4 is 10.2 Å². The molecule has 0 fully saturated rings. The molecule has 0 saturated carbocycles. The van der Waals surface area contributed by atoms with Gasteiger partial charge in [-0.3, -0.25) is 0 Å². The van der Waals surface area contributed by atoms with Gasteiger partial charge in [0.25, 0.3) is 0 Å². The summed E-state index contributed by atoms with van der Waals surface area (Å²) >= 11 is -3.94. The summed E-state index contributed by atoms with van der Waals surface area (Å²) in [6.45, 7) is 0. The van der Waals surface area contributed by atoms with Crippen molar-refractivity contribution in [3.05, 3.63) is 0 Å².